The summed E-state index contributed by atoms with van der Waals surface area (Å²) in [5, 5.41) is 2.02. The van der Waals surface area contributed by atoms with Gasteiger partial charge in [-0.2, -0.15) is 0 Å². The third-order valence-electron chi connectivity index (χ3n) is 4.31. The van der Waals surface area contributed by atoms with Crippen LogP contribution in [0.15, 0.2) is 18.3 Å². The number of terminal acetylenes is 1. The number of nitrogens with two attached hydrogens (primary N) is 1. The summed E-state index contributed by atoms with van der Waals surface area (Å²) in [6.45, 7) is 12.0. The van der Waals surface area contributed by atoms with Crippen molar-refractivity contribution in [2.75, 3.05) is 25.1 Å². The summed E-state index contributed by atoms with van der Waals surface area (Å²) in [5.74, 6) is 0.995. The largest absolute Gasteiger partial charge is 0.496 e. The highest BCUT2D eigenvalue weighted by Gasteiger charge is 2.19. The lowest BCUT2D eigenvalue weighted by molar-refractivity contribution is 0.0997. The van der Waals surface area contributed by atoms with Gasteiger partial charge in [-0.3, -0.25) is 4.79 Å². The summed E-state index contributed by atoms with van der Waals surface area (Å²) in [4.78, 5) is 18.6. The fourth-order valence-electron chi connectivity index (χ4n) is 3.11. The highest BCUT2D eigenvalue weighted by molar-refractivity contribution is 6.04. The predicted octanol–water partition coefficient (Wildman–Crippen LogP) is 4.94. The van der Waals surface area contributed by atoms with Gasteiger partial charge in [0.2, 0.25) is 0 Å². The number of aryl methyl sites for hydroxylation is 1. The molecule has 3 rings (SSSR count). The van der Waals surface area contributed by atoms with E-state index in [-0.39, 0.29) is 0 Å². The second-order valence-corrected chi connectivity index (χ2v) is 5.77. The average Bonchev–Trinajstić information content (AvgIpc) is 2.78. The lowest BCUT2D eigenvalue weighted by Gasteiger charge is -2.29. The molecule has 1 aliphatic rings. The number of anilines is 1. The summed E-state index contributed by atoms with van der Waals surface area (Å²) in [6, 6.07) is 3.71. The van der Waals surface area contributed by atoms with Crippen LogP contribution in [0.5, 0.6) is 5.75 Å². The molecule has 5 nitrogen and oxygen atoms in total. The van der Waals surface area contributed by atoms with Crippen molar-refractivity contribution in [2.45, 2.75) is 53.9 Å². The zero-order valence-corrected chi connectivity index (χ0v) is 18.2. The molecule has 0 spiro atoms. The summed E-state index contributed by atoms with van der Waals surface area (Å²) in [5.41, 5.74) is 6.91. The maximum absolute atomic E-state index is 11.6. The van der Waals surface area contributed by atoms with Crippen molar-refractivity contribution >= 4 is 22.5 Å². The van der Waals surface area contributed by atoms with Crippen LogP contribution in [0.2, 0.25) is 0 Å². The molecule has 0 unspecified atom stereocenters. The lowest BCUT2D eigenvalue weighted by Crippen LogP contribution is -2.30. The monoisotopic (exact) mass is 385 g/mol. The molecule has 2 heterocycles. The molecule has 1 aliphatic heterocycles. The number of benzene rings is 1. The van der Waals surface area contributed by atoms with E-state index in [2.05, 4.69) is 22.7 Å². The van der Waals surface area contributed by atoms with Gasteiger partial charge in [-0.25, -0.2) is 4.98 Å². The molecule has 0 radical (unpaired) electrons. The van der Waals surface area contributed by atoms with E-state index in [1.807, 2.05) is 52.9 Å². The Morgan fingerprint density at radius 1 is 1.07 bits per heavy atom. The Morgan fingerprint density at radius 3 is 2.14 bits per heavy atom. The van der Waals surface area contributed by atoms with Gasteiger partial charge in [0.15, 0.2) is 0 Å². The Morgan fingerprint density at radius 2 is 1.64 bits per heavy atom. The van der Waals surface area contributed by atoms with E-state index in [0.29, 0.717) is 11.3 Å². The normalized spacial score (nSPS) is 12.4. The summed E-state index contributed by atoms with van der Waals surface area (Å²) in [6.07, 6.45) is 13.5. The van der Waals surface area contributed by atoms with Crippen LogP contribution in [0, 0.1) is 19.8 Å². The first-order chi connectivity index (χ1) is 13.6. The molecule has 1 aromatic carbocycles. The summed E-state index contributed by atoms with van der Waals surface area (Å²) in [7, 11) is 1.55. The van der Waals surface area contributed by atoms with Gasteiger partial charge < -0.3 is 15.4 Å². The van der Waals surface area contributed by atoms with E-state index in [9.17, 15) is 4.79 Å². The Labute approximate surface area is 170 Å². The van der Waals surface area contributed by atoms with Crippen molar-refractivity contribution in [2.24, 2.45) is 5.73 Å². The van der Waals surface area contributed by atoms with Crippen molar-refractivity contribution < 1.29 is 9.53 Å². The van der Waals surface area contributed by atoms with Gasteiger partial charge in [0.25, 0.3) is 5.91 Å². The standard InChI is InChI=1S/C17H21N3O2.2C2H6.C2H2/c1-11-10-19-17(20-6-4-3-5-7-20)13-9-15(22-2)14(16(18)21)8-12(11)13;3*1-2/h8-10H,3-7H2,1-2H3,(H2,18,21);2*1-2H3;1-2H. The number of piperidine rings is 1. The van der Waals surface area contributed by atoms with E-state index in [1.54, 1.807) is 7.11 Å². The highest BCUT2D eigenvalue weighted by atomic mass is 16.5. The van der Waals surface area contributed by atoms with E-state index in [1.165, 1.54) is 19.3 Å². The maximum Gasteiger partial charge on any atom is 0.252 e. The lowest BCUT2D eigenvalue weighted by atomic mass is 10.0. The van der Waals surface area contributed by atoms with E-state index < -0.39 is 5.91 Å². The number of ether oxygens (including phenoxy) is 1. The average molecular weight is 386 g/mol. The summed E-state index contributed by atoms with van der Waals surface area (Å²) >= 11 is 0. The number of hydrogen-bond acceptors (Lipinski definition) is 4. The molecule has 1 aromatic heterocycles. The zero-order valence-electron chi connectivity index (χ0n) is 18.2. The Hall–Kier alpha value is -2.74. The van der Waals surface area contributed by atoms with Crippen LogP contribution in [0.3, 0.4) is 0 Å². The van der Waals surface area contributed by atoms with Gasteiger partial charge >= 0.3 is 0 Å². The Kier molecular flexibility index (Phi) is 12.1. The van der Waals surface area contributed by atoms with Crippen LogP contribution >= 0.6 is 0 Å². The van der Waals surface area contributed by atoms with Gasteiger partial charge in [-0.1, -0.05) is 27.7 Å². The molecule has 1 fully saturated rings. The van der Waals surface area contributed by atoms with Crippen LogP contribution in [0.1, 0.15) is 62.9 Å². The quantitative estimate of drug-likeness (QED) is 0.760. The molecule has 2 N–H and O–H groups in total. The minimum absolute atomic E-state index is 0.411. The first-order valence-electron chi connectivity index (χ1n) is 9.97. The van der Waals surface area contributed by atoms with Crippen LogP contribution in [-0.2, 0) is 0 Å². The predicted molar refractivity (Wildman–Crippen MR) is 120 cm³/mol. The molecule has 1 amide bonds. The highest BCUT2D eigenvalue weighted by Crippen LogP contribution is 2.34. The second-order valence-electron chi connectivity index (χ2n) is 5.77. The number of methoxy groups -OCH3 is 1. The van der Waals surface area contributed by atoms with Crippen molar-refractivity contribution in [1.82, 2.24) is 4.98 Å². The molecule has 154 valence electrons. The van der Waals surface area contributed by atoms with Crippen LogP contribution < -0.4 is 15.4 Å². The van der Waals surface area contributed by atoms with E-state index in [0.717, 1.165) is 35.2 Å². The SMILES string of the molecule is C#C.CC.CC.COc1cc2c(N3CCCCC3)ncc(C)c2cc1C(N)=O. The third-order valence-corrected chi connectivity index (χ3v) is 4.31. The summed E-state index contributed by atoms with van der Waals surface area (Å²) < 4.78 is 5.35. The molecular weight excluding hydrogens is 350 g/mol. The second kappa shape index (κ2) is 13.4. The first-order valence-corrected chi connectivity index (χ1v) is 9.97. The molecule has 0 bridgehead atoms. The fourth-order valence-corrected chi connectivity index (χ4v) is 3.11. The smallest absolute Gasteiger partial charge is 0.252 e. The van der Waals surface area contributed by atoms with E-state index in [4.69, 9.17) is 10.5 Å². The third kappa shape index (κ3) is 5.88. The number of carbonyl (C=O) groups excluding carboxylic acids is 1. The number of aromatic nitrogens is 1. The molecule has 0 aliphatic carbocycles. The maximum atomic E-state index is 11.6. The minimum atomic E-state index is -0.477. The van der Waals surface area contributed by atoms with Crippen molar-refractivity contribution in [3.05, 3.63) is 29.5 Å². The zero-order chi connectivity index (χ0) is 21.7. The van der Waals surface area contributed by atoms with Gasteiger partial charge in [-0.15, -0.1) is 12.8 Å². The topological polar surface area (TPSA) is 68.4 Å². The number of fused-ring (bicyclic) bond motifs is 1. The molecule has 1 saturated heterocycles. The molecule has 28 heavy (non-hydrogen) atoms. The Balaban J connectivity index is 0.00000111. The van der Waals surface area contributed by atoms with Crippen molar-refractivity contribution in [3.8, 4) is 18.6 Å². The number of carbonyl (C=O) groups is 1. The van der Waals surface area contributed by atoms with Crippen LogP contribution in [0.4, 0.5) is 5.82 Å². The van der Waals surface area contributed by atoms with Crippen molar-refractivity contribution in [1.29, 1.82) is 0 Å². The number of nitrogens with zero attached hydrogens (tertiary/aromatic N) is 2. The Bertz CT molecular complexity index is 763. The van der Waals surface area contributed by atoms with Crippen molar-refractivity contribution in [3.63, 3.8) is 0 Å². The van der Waals surface area contributed by atoms with Gasteiger partial charge in [-0.05, 0) is 49.3 Å². The minimum Gasteiger partial charge on any atom is -0.496 e. The van der Waals surface area contributed by atoms with Gasteiger partial charge in [0.05, 0.1) is 12.7 Å². The van der Waals surface area contributed by atoms with Gasteiger partial charge in [0, 0.05) is 24.7 Å². The molecule has 5 heteroatoms. The number of rotatable bonds is 3. The number of amides is 1. The first kappa shape index (κ1) is 25.3. The number of hydrogen-bond donors (Lipinski definition) is 1. The molecule has 0 atom stereocenters. The number of primary amides is 1. The molecule has 2 aromatic rings. The van der Waals surface area contributed by atoms with Crippen LogP contribution in [-0.4, -0.2) is 31.1 Å². The molecular formula is C23H35N3O2. The van der Waals surface area contributed by atoms with E-state index >= 15 is 0 Å². The van der Waals surface area contributed by atoms with Crippen LogP contribution in [0.25, 0.3) is 10.8 Å². The van der Waals surface area contributed by atoms with Gasteiger partial charge in [0.1, 0.15) is 11.6 Å². The number of pyridine rings is 1. The fraction of sp³-hybridized carbons (Fsp3) is 0.478. The molecule has 0 saturated carbocycles.